The Hall–Kier alpha value is -4.85. The van der Waals surface area contributed by atoms with Crippen LogP contribution in [0.3, 0.4) is 0 Å². The first-order valence-corrected chi connectivity index (χ1v) is 22.5. The highest BCUT2D eigenvalue weighted by molar-refractivity contribution is 8.72. The van der Waals surface area contributed by atoms with Crippen molar-refractivity contribution in [3.63, 3.8) is 0 Å². The minimum absolute atomic E-state index is 0.00582. The maximum Gasteiger partial charge on any atom is 0.359 e. The quantitative estimate of drug-likeness (QED) is 0.0381. The predicted molar refractivity (Wildman–Crippen MR) is 198 cm³/mol. The number of aryl methyl sites for hydroxylation is 1. The second kappa shape index (κ2) is 16.0. The SMILES string of the molecule is C/C(O[Si](C)(C)C)=C(\C(=O)OC(c1ccccc1)c1ccccc1)N1C(=O)C(NC(=O)COc2ccccc2)C1SS(=O)(=O)c1ccc(C)cc1. The molecule has 0 spiro atoms. The summed E-state index contributed by atoms with van der Waals surface area (Å²) in [6.45, 7) is 8.71. The minimum atomic E-state index is -4.11. The average molecular weight is 745 g/mol. The number of amides is 2. The molecular weight excluding hydrogens is 705 g/mol. The smallest absolute Gasteiger partial charge is 0.359 e. The highest BCUT2D eigenvalue weighted by atomic mass is 33.1. The Kier molecular flexibility index (Phi) is 11.7. The van der Waals surface area contributed by atoms with E-state index in [1.54, 1.807) is 49.4 Å². The lowest BCUT2D eigenvalue weighted by Gasteiger charge is -2.46. The van der Waals surface area contributed by atoms with Gasteiger partial charge in [-0.25, -0.2) is 13.2 Å². The number of carbonyl (C=O) groups is 3. The first kappa shape index (κ1) is 37.4. The molecular formula is C38H40N2O8S2Si. The van der Waals surface area contributed by atoms with Crippen LogP contribution in [-0.2, 0) is 32.4 Å². The van der Waals surface area contributed by atoms with Crippen molar-refractivity contribution in [2.75, 3.05) is 6.61 Å². The fraction of sp³-hybridized carbons (Fsp3) is 0.237. The molecule has 13 heteroatoms. The second-order valence-corrected chi connectivity index (χ2v) is 21.2. The highest BCUT2D eigenvalue weighted by Crippen LogP contribution is 2.41. The van der Waals surface area contributed by atoms with Crippen LogP contribution in [0.25, 0.3) is 0 Å². The van der Waals surface area contributed by atoms with Crippen LogP contribution in [0.15, 0.2) is 132 Å². The number of nitrogens with one attached hydrogen (secondary N) is 1. The number of para-hydroxylation sites is 1. The molecule has 1 N–H and O–H groups in total. The fourth-order valence-corrected chi connectivity index (χ4v) is 9.85. The molecule has 5 rings (SSSR count). The van der Waals surface area contributed by atoms with E-state index in [1.807, 2.05) is 87.2 Å². The Bertz CT molecular complexity index is 1950. The van der Waals surface area contributed by atoms with E-state index in [-0.39, 0.29) is 16.4 Å². The summed E-state index contributed by atoms with van der Waals surface area (Å²) in [6, 6.07) is 31.9. The Balaban J connectivity index is 1.52. The summed E-state index contributed by atoms with van der Waals surface area (Å²) in [5, 5.41) is 1.36. The van der Waals surface area contributed by atoms with Crippen molar-refractivity contribution in [1.82, 2.24) is 10.2 Å². The molecule has 0 aromatic heterocycles. The number of rotatable bonds is 14. The van der Waals surface area contributed by atoms with Crippen molar-refractivity contribution < 1.29 is 36.7 Å². The van der Waals surface area contributed by atoms with Gasteiger partial charge in [0.25, 0.3) is 11.8 Å². The van der Waals surface area contributed by atoms with E-state index >= 15 is 0 Å². The Labute approximate surface area is 303 Å². The molecule has 1 saturated heterocycles. The molecule has 266 valence electrons. The summed E-state index contributed by atoms with van der Waals surface area (Å²) in [6.07, 6.45) is -0.862. The normalized spacial score (nSPS) is 16.5. The van der Waals surface area contributed by atoms with Crippen LogP contribution in [0, 0.1) is 6.92 Å². The molecule has 0 radical (unpaired) electrons. The van der Waals surface area contributed by atoms with Crippen molar-refractivity contribution in [2.45, 2.75) is 55.9 Å². The molecule has 51 heavy (non-hydrogen) atoms. The van der Waals surface area contributed by atoms with Gasteiger partial charge in [0.15, 0.2) is 18.4 Å². The maximum absolute atomic E-state index is 14.4. The number of ether oxygens (including phenoxy) is 2. The van der Waals surface area contributed by atoms with Crippen molar-refractivity contribution in [2.24, 2.45) is 0 Å². The average Bonchev–Trinajstić information content (AvgIpc) is 3.10. The number of benzene rings is 4. The van der Waals surface area contributed by atoms with Gasteiger partial charge in [-0.05, 0) is 68.9 Å². The van der Waals surface area contributed by atoms with Gasteiger partial charge in [0, 0.05) is 10.8 Å². The van der Waals surface area contributed by atoms with E-state index in [2.05, 4.69) is 5.32 Å². The van der Waals surface area contributed by atoms with Gasteiger partial charge < -0.3 is 19.2 Å². The second-order valence-electron chi connectivity index (χ2n) is 12.8. The summed E-state index contributed by atoms with van der Waals surface area (Å²) in [5.74, 6) is -1.71. The third-order valence-electron chi connectivity index (χ3n) is 7.66. The van der Waals surface area contributed by atoms with E-state index in [9.17, 15) is 22.8 Å². The van der Waals surface area contributed by atoms with E-state index in [0.717, 1.165) is 10.5 Å². The fourth-order valence-electron chi connectivity index (χ4n) is 5.37. The number of allylic oxidation sites excluding steroid dienone is 1. The third-order valence-corrected chi connectivity index (χ3v) is 12.3. The summed E-state index contributed by atoms with van der Waals surface area (Å²) >= 11 is 0. The molecule has 2 atom stereocenters. The standard InChI is InChI=1S/C38H40N2O8S2Si/c1-26-21-23-31(24-22-26)50(44,45)49-37-33(39-32(41)25-46-30-19-13-8-14-20-30)36(42)40(37)34(27(2)48-51(3,4)5)38(43)47-35(28-15-9-6-10-16-28)29-17-11-7-12-18-29/h6-24,33,35,37H,25H2,1-5H3,(H,39,41)/b34-27-. The van der Waals surface area contributed by atoms with Gasteiger partial charge in [-0.15, -0.1) is 0 Å². The van der Waals surface area contributed by atoms with Crippen LogP contribution in [-0.4, -0.2) is 57.4 Å². The topological polar surface area (TPSA) is 128 Å². The van der Waals surface area contributed by atoms with E-state index in [0.29, 0.717) is 27.7 Å². The van der Waals surface area contributed by atoms with Crippen LogP contribution >= 0.6 is 10.8 Å². The molecule has 1 heterocycles. The monoisotopic (exact) mass is 744 g/mol. The van der Waals surface area contributed by atoms with Crippen molar-refractivity contribution >= 4 is 45.8 Å². The van der Waals surface area contributed by atoms with E-state index < -0.39 is 59.1 Å². The van der Waals surface area contributed by atoms with E-state index in [4.69, 9.17) is 13.9 Å². The minimum Gasteiger partial charge on any atom is -0.546 e. The lowest BCUT2D eigenvalue weighted by atomic mass is 10.0. The Morgan fingerprint density at radius 2 is 1.37 bits per heavy atom. The molecule has 2 unspecified atom stereocenters. The van der Waals surface area contributed by atoms with Crippen LogP contribution in [0.2, 0.25) is 19.6 Å². The zero-order valence-corrected chi connectivity index (χ0v) is 31.6. The molecule has 0 aliphatic carbocycles. The number of esters is 1. The first-order valence-electron chi connectivity index (χ1n) is 16.2. The van der Waals surface area contributed by atoms with Crippen molar-refractivity contribution in [1.29, 1.82) is 0 Å². The highest BCUT2D eigenvalue weighted by Gasteiger charge is 2.55. The van der Waals surface area contributed by atoms with Crippen LogP contribution in [0.4, 0.5) is 0 Å². The molecule has 10 nitrogen and oxygen atoms in total. The molecule has 4 aromatic carbocycles. The predicted octanol–water partition coefficient (Wildman–Crippen LogP) is 6.56. The van der Waals surface area contributed by atoms with Crippen LogP contribution in [0.1, 0.15) is 29.7 Å². The molecule has 0 bridgehead atoms. The van der Waals surface area contributed by atoms with Crippen LogP contribution in [0.5, 0.6) is 5.75 Å². The summed E-state index contributed by atoms with van der Waals surface area (Å²) in [7, 11) is -6.04. The largest absolute Gasteiger partial charge is 0.546 e. The zero-order chi connectivity index (χ0) is 36.8. The number of hydrogen-bond acceptors (Lipinski definition) is 9. The summed E-state index contributed by atoms with van der Waals surface area (Å²) < 4.78 is 45.6. The molecule has 0 saturated carbocycles. The Morgan fingerprint density at radius 1 is 0.843 bits per heavy atom. The van der Waals surface area contributed by atoms with Gasteiger partial charge in [0.2, 0.25) is 17.2 Å². The van der Waals surface area contributed by atoms with Crippen LogP contribution < -0.4 is 10.1 Å². The lowest BCUT2D eigenvalue weighted by molar-refractivity contribution is -0.155. The van der Waals surface area contributed by atoms with Gasteiger partial charge in [-0.3, -0.25) is 14.5 Å². The van der Waals surface area contributed by atoms with Crippen molar-refractivity contribution in [3.05, 3.63) is 143 Å². The van der Waals surface area contributed by atoms with Gasteiger partial charge in [0.1, 0.15) is 22.9 Å². The van der Waals surface area contributed by atoms with Crippen molar-refractivity contribution in [3.8, 4) is 5.75 Å². The number of likely N-dealkylation sites (tertiary alicyclic amines) is 1. The number of nitrogens with zero attached hydrogens (tertiary/aromatic N) is 1. The Morgan fingerprint density at radius 3 is 1.90 bits per heavy atom. The summed E-state index contributed by atoms with van der Waals surface area (Å²) in [4.78, 5) is 42.6. The number of hydrogen-bond donors (Lipinski definition) is 1. The van der Waals surface area contributed by atoms with Gasteiger partial charge in [-0.2, -0.15) is 0 Å². The molecule has 1 aliphatic heterocycles. The lowest BCUT2D eigenvalue weighted by Crippen LogP contribution is -2.70. The summed E-state index contributed by atoms with van der Waals surface area (Å²) in [5.41, 5.74) is 1.99. The molecule has 1 aliphatic rings. The van der Waals surface area contributed by atoms with Gasteiger partial charge in [-0.1, -0.05) is 96.6 Å². The number of carbonyl (C=O) groups excluding carboxylic acids is 3. The molecule has 2 amide bonds. The first-order chi connectivity index (χ1) is 24.2. The molecule has 4 aromatic rings. The van der Waals surface area contributed by atoms with Gasteiger partial charge >= 0.3 is 5.97 Å². The number of β-lactam (4-membered cyclic amide) rings is 1. The zero-order valence-electron chi connectivity index (χ0n) is 28.9. The van der Waals surface area contributed by atoms with E-state index in [1.165, 1.54) is 12.1 Å². The third kappa shape index (κ3) is 9.48. The maximum atomic E-state index is 14.4. The molecule has 1 fully saturated rings. The van der Waals surface area contributed by atoms with Gasteiger partial charge in [0.05, 0.1) is 4.90 Å².